The number of rotatable bonds is 1. The molecule has 0 saturated carbocycles. The van der Waals surface area contributed by atoms with E-state index in [1.807, 2.05) is 6.07 Å². The van der Waals surface area contributed by atoms with Crippen LogP contribution in [0.15, 0.2) is 21.1 Å². The van der Waals surface area contributed by atoms with E-state index in [9.17, 15) is 0 Å². The molecule has 0 aliphatic rings. The van der Waals surface area contributed by atoms with Crippen LogP contribution in [0.25, 0.3) is 0 Å². The molecule has 1 aromatic carbocycles. The molecule has 60 valence electrons. The van der Waals surface area contributed by atoms with Crippen molar-refractivity contribution in [2.45, 2.75) is 6.61 Å². The van der Waals surface area contributed by atoms with Crippen molar-refractivity contribution < 1.29 is 5.11 Å². The zero-order chi connectivity index (χ0) is 8.43. The summed E-state index contributed by atoms with van der Waals surface area (Å²) in [5, 5.41) is 9.46. The normalized spacial score (nSPS) is 10.2. The van der Waals surface area contributed by atoms with Gasteiger partial charge in [-0.05, 0) is 44.0 Å². The van der Waals surface area contributed by atoms with Crippen LogP contribution in [0.1, 0.15) is 5.56 Å². The molecule has 0 bridgehead atoms. The third-order valence-electron chi connectivity index (χ3n) is 1.30. The standard InChI is InChI=1S/C7H5Br2ClO/c8-5-1-2-6(10)4(3-11)7(5)9/h1-2,11H,3H2. The number of aliphatic hydroxyl groups excluding tert-OH is 1. The third kappa shape index (κ3) is 1.96. The molecular formula is C7H5Br2ClO. The molecule has 0 amide bonds. The predicted octanol–water partition coefficient (Wildman–Crippen LogP) is 3.36. The Kier molecular flexibility index (Phi) is 3.37. The van der Waals surface area contributed by atoms with Crippen molar-refractivity contribution in [1.29, 1.82) is 0 Å². The van der Waals surface area contributed by atoms with E-state index in [0.717, 1.165) is 8.95 Å². The SMILES string of the molecule is OCc1c(Cl)ccc(Br)c1Br. The second-order valence-electron chi connectivity index (χ2n) is 1.98. The van der Waals surface area contributed by atoms with E-state index < -0.39 is 0 Å². The molecule has 0 aliphatic heterocycles. The summed E-state index contributed by atoms with van der Waals surface area (Å²) in [6, 6.07) is 3.56. The highest BCUT2D eigenvalue weighted by Gasteiger charge is 2.06. The fourth-order valence-electron chi connectivity index (χ4n) is 0.714. The Morgan fingerprint density at radius 3 is 2.45 bits per heavy atom. The lowest BCUT2D eigenvalue weighted by atomic mass is 10.2. The Labute approximate surface area is 86.6 Å². The van der Waals surface area contributed by atoms with Gasteiger partial charge in [-0.3, -0.25) is 0 Å². The van der Waals surface area contributed by atoms with Crippen LogP contribution >= 0.6 is 43.5 Å². The number of aliphatic hydroxyl groups is 1. The van der Waals surface area contributed by atoms with E-state index in [-0.39, 0.29) is 6.61 Å². The maximum absolute atomic E-state index is 8.89. The first-order valence-corrected chi connectivity index (χ1v) is 4.86. The Balaban J connectivity index is 3.29. The first kappa shape index (κ1) is 9.52. The number of halogens is 3. The lowest BCUT2D eigenvalue weighted by Crippen LogP contribution is -1.87. The molecular weight excluding hydrogens is 295 g/mol. The Hall–Kier alpha value is 0.430. The van der Waals surface area contributed by atoms with Crippen molar-refractivity contribution in [2.24, 2.45) is 0 Å². The van der Waals surface area contributed by atoms with Crippen LogP contribution in [0.2, 0.25) is 5.02 Å². The molecule has 0 radical (unpaired) electrons. The molecule has 4 heteroatoms. The molecule has 1 N–H and O–H groups in total. The van der Waals surface area contributed by atoms with Gasteiger partial charge in [-0.1, -0.05) is 11.6 Å². The van der Waals surface area contributed by atoms with E-state index in [0.29, 0.717) is 10.6 Å². The summed E-state index contributed by atoms with van der Waals surface area (Å²) in [6.45, 7) is -0.0567. The summed E-state index contributed by atoms with van der Waals surface area (Å²) >= 11 is 12.4. The predicted molar refractivity (Wildman–Crippen MR) is 52.8 cm³/mol. The fraction of sp³-hybridized carbons (Fsp3) is 0.143. The molecule has 0 unspecified atom stereocenters. The summed E-state index contributed by atoms with van der Waals surface area (Å²) in [6.07, 6.45) is 0. The first-order chi connectivity index (χ1) is 5.16. The van der Waals surface area contributed by atoms with E-state index in [4.69, 9.17) is 16.7 Å². The van der Waals surface area contributed by atoms with E-state index >= 15 is 0 Å². The molecule has 0 aliphatic carbocycles. The molecule has 0 fully saturated rings. The molecule has 0 spiro atoms. The highest BCUT2D eigenvalue weighted by Crippen LogP contribution is 2.31. The molecule has 11 heavy (non-hydrogen) atoms. The monoisotopic (exact) mass is 298 g/mol. The zero-order valence-electron chi connectivity index (χ0n) is 5.44. The minimum Gasteiger partial charge on any atom is -0.392 e. The molecule has 1 rings (SSSR count). The van der Waals surface area contributed by atoms with Crippen molar-refractivity contribution in [1.82, 2.24) is 0 Å². The lowest BCUT2D eigenvalue weighted by Gasteiger charge is -2.04. The first-order valence-electron chi connectivity index (χ1n) is 2.90. The largest absolute Gasteiger partial charge is 0.392 e. The Bertz CT molecular complexity index is 275. The molecule has 0 aromatic heterocycles. The zero-order valence-corrected chi connectivity index (χ0v) is 9.37. The van der Waals surface area contributed by atoms with Gasteiger partial charge < -0.3 is 5.11 Å². The fourth-order valence-corrected chi connectivity index (χ4v) is 1.89. The maximum Gasteiger partial charge on any atom is 0.0707 e. The summed E-state index contributed by atoms with van der Waals surface area (Å²) in [5.41, 5.74) is 0.709. The van der Waals surface area contributed by atoms with Crippen LogP contribution in [0.5, 0.6) is 0 Å². The van der Waals surface area contributed by atoms with E-state index in [1.54, 1.807) is 6.07 Å². The topological polar surface area (TPSA) is 20.2 Å². The van der Waals surface area contributed by atoms with Crippen LogP contribution in [-0.4, -0.2) is 5.11 Å². The third-order valence-corrected chi connectivity index (χ3v) is 3.75. The van der Waals surface area contributed by atoms with Crippen LogP contribution in [-0.2, 0) is 6.61 Å². The summed E-state index contributed by atoms with van der Waals surface area (Å²) in [5.74, 6) is 0. The van der Waals surface area contributed by atoms with Crippen LogP contribution in [0.3, 0.4) is 0 Å². The molecule has 0 heterocycles. The van der Waals surface area contributed by atoms with Crippen LogP contribution in [0.4, 0.5) is 0 Å². The minimum absolute atomic E-state index is 0.0567. The van der Waals surface area contributed by atoms with Gasteiger partial charge in [0.1, 0.15) is 0 Å². The molecule has 1 nitrogen and oxygen atoms in total. The van der Waals surface area contributed by atoms with Crippen LogP contribution in [0, 0.1) is 0 Å². The minimum atomic E-state index is -0.0567. The van der Waals surface area contributed by atoms with Gasteiger partial charge in [0.2, 0.25) is 0 Å². The lowest BCUT2D eigenvalue weighted by molar-refractivity contribution is 0.281. The van der Waals surface area contributed by atoms with E-state index in [1.165, 1.54) is 0 Å². The quantitative estimate of drug-likeness (QED) is 0.789. The van der Waals surface area contributed by atoms with Gasteiger partial charge in [0.15, 0.2) is 0 Å². The van der Waals surface area contributed by atoms with Gasteiger partial charge in [-0.25, -0.2) is 0 Å². The summed E-state index contributed by atoms with van der Waals surface area (Å²) in [4.78, 5) is 0. The van der Waals surface area contributed by atoms with Crippen molar-refractivity contribution in [3.05, 3.63) is 31.7 Å². The summed E-state index contributed by atoms with van der Waals surface area (Å²) < 4.78 is 1.71. The average Bonchev–Trinajstić information content (AvgIpc) is 1.99. The smallest absolute Gasteiger partial charge is 0.0707 e. The molecule has 0 atom stereocenters. The highest BCUT2D eigenvalue weighted by molar-refractivity contribution is 9.13. The number of hydrogen-bond acceptors (Lipinski definition) is 1. The van der Waals surface area contributed by atoms with Gasteiger partial charge in [0.25, 0.3) is 0 Å². The van der Waals surface area contributed by atoms with Gasteiger partial charge in [-0.2, -0.15) is 0 Å². The van der Waals surface area contributed by atoms with Crippen LogP contribution < -0.4 is 0 Å². The Morgan fingerprint density at radius 1 is 1.36 bits per heavy atom. The van der Waals surface area contributed by atoms with Gasteiger partial charge in [-0.15, -0.1) is 0 Å². The van der Waals surface area contributed by atoms with Crippen molar-refractivity contribution in [2.75, 3.05) is 0 Å². The summed E-state index contributed by atoms with van der Waals surface area (Å²) in [7, 11) is 0. The van der Waals surface area contributed by atoms with Crippen molar-refractivity contribution >= 4 is 43.5 Å². The average molecular weight is 300 g/mol. The van der Waals surface area contributed by atoms with Gasteiger partial charge in [0.05, 0.1) is 6.61 Å². The molecule has 0 saturated heterocycles. The van der Waals surface area contributed by atoms with Gasteiger partial charge in [0, 0.05) is 19.5 Å². The van der Waals surface area contributed by atoms with Crippen molar-refractivity contribution in [3.8, 4) is 0 Å². The Morgan fingerprint density at radius 2 is 2.00 bits per heavy atom. The second-order valence-corrected chi connectivity index (χ2v) is 4.03. The number of benzene rings is 1. The maximum atomic E-state index is 8.89. The molecule has 1 aromatic rings. The highest BCUT2D eigenvalue weighted by atomic mass is 79.9. The number of hydrogen-bond donors (Lipinski definition) is 1. The van der Waals surface area contributed by atoms with Crippen molar-refractivity contribution in [3.63, 3.8) is 0 Å². The second kappa shape index (κ2) is 3.90. The van der Waals surface area contributed by atoms with Gasteiger partial charge >= 0.3 is 0 Å². The van der Waals surface area contributed by atoms with E-state index in [2.05, 4.69) is 31.9 Å².